The Morgan fingerprint density at radius 1 is 1.16 bits per heavy atom. The fraction of sp³-hybridized carbons (Fsp3) is 0.765. The van der Waals surface area contributed by atoms with Crippen LogP contribution in [-0.4, -0.2) is 53.4 Å². The van der Waals surface area contributed by atoms with Crippen molar-refractivity contribution < 1.29 is 23.9 Å². The number of likely N-dealkylation sites (tertiary alicyclic amines) is 1. The molecular formula is C17H27N3O5. The van der Waals surface area contributed by atoms with Crippen LogP contribution < -0.4 is 10.6 Å². The van der Waals surface area contributed by atoms with Gasteiger partial charge in [0.15, 0.2) is 6.10 Å². The van der Waals surface area contributed by atoms with Gasteiger partial charge in [0, 0.05) is 25.0 Å². The smallest absolute Gasteiger partial charge is 0.321 e. The Kier molecular flexibility index (Phi) is 6.39. The molecule has 25 heavy (non-hydrogen) atoms. The maximum atomic E-state index is 12.2. The molecule has 1 saturated heterocycles. The Morgan fingerprint density at radius 3 is 2.40 bits per heavy atom. The highest BCUT2D eigenvalue weighted by Gasteiger charge is 2.40. The monoisotopic (exact) mass is 353 g/mol. The van der Waals surface area contributed by atoms with Gasteiger partial charge in [0.2, 0.25) is 5.91 Å². The van der Waals surface area contributed by atoms with Gasteiger partial charge in [-0.15, -0.1) is 0 Å². The van der Waals surface area contributed by atoms with Crippen LogP contribution in [0.2, 0.25) is 0 Å². The molecule has 2 fully saturated rings. The van der Waals surface area contributed by atoms with Crippen LogP contribution in [0, 0.1) is 5.92 Å². The standard InChI is InChI=1S/C17H27N3O5/c1-10(2)18-17(24)19-15(22)11(3)25-16(23)12-8-14(21)20(9-12)13-6-4-5-7-13/h10-13H,4-9H2,1-3H3,(H2,18,19,22,24)/t11-,12-/m1/s1. The summed E-state index contributed by atoms with van der Waals surface area (Å²) in [6.07, 6.45) is 3.21. The van der Waals surface area contributed by atoms with E-state index in [1.54, 1.807) is 18.7 Å². The second-order valence-electron chi connectivity index (χ2n) is 7.08. The molecule has 1 saturated carbocycles. The number of ether oxygens (including phenoxy) is 1. The summed E-state index contributed by atoms with van der Waals surface area (Å²) < 4.78 is 5.15. The van der Waals surface area contributed by atoms with Gasteiger partial charge in [-0.25, -0.2) is 4.79 Å². The maximum absolute atomic E-state index is 12.2. The molecule has 0 bridgehead atoms. The van der Waals surface area contributed by atoms with E-state index in [1.165, 1.54) is 6.92 Å². The van der Waals surface area contributed by atoms with Crippen molar-refractivity contribution in [3.8, 4) is 0 Å². The van der Waals surface area contributed by atoms with Gasteiger partial charge in [-0.1, -0.05) is 12.8 Å². The number of carbonyl (C=O) groups excluding carboxylic acids is 4. The van der Waals surface area contributed by atoms with E-state index in [1.807, 2.05) is 0 Å². The van der Waals surface area contributed by atoms with E-state index < -0.39 is 29.9 Å². The Balaban J connectivity index is 1.81. The average molecular weight is 353 g/mol. The molecule has 4 amide bonds. The van der Waals surface area contributed by atoms with E-state index in [9.17, 15) is 19.2 Å². The first kappa shape index (κ1) is 19.2. The molecule has 2 atom stereocenters. The Hall–Kier alpha value is -2.12. The Morgan fingerprint density at radius 2 is 1.80 bits per heavy atom. The number of hydrogen-bond donors (Lipinski definition) is 2. The highest BCUT2D eigenvalue weighted by atomic mass is 16.5. The number of nitrogens with one attached hydrogen (secondary N) is 2. The predicted molar refractivity (Wildman–Crippen MR) is 89.4 cm³/mol. The van der Waals surface area contributed by atoms with Crippen LogP contribution in [0.5, 0.6) is 0 Å². The topological polar surface area (TPSA) is 105 Å². The zero-order valence-corrected chi connectivity index (χ0v) is 15.0. The van der Waals surface area contributed by atoms with Gasteiger partial charge >= 0.3 is 12.0 Å². The van der Waals surface area contributed by atoms with Gasteiger partial charge in [-0.2, -0.15) is 0 Å². The molecule has 0 radical (unpaired) electrons. The number of esters is 1. The Bertz CT molecular complexity index is 542. The highest BCUT2D eigenvalue weighted by Crippen LogP contribution is 2.30. The fourth-order valence-corrected chi connectivity index (χ4v) is 3.29. The van der Waals surface area contributed by atoms with Crippen molar-refractivity contribution in [2.75, 3.05) is 6.54 Å². The fourth-order valence-electron chi connectivity index (χ4n) is 3.29. The first-order valence-electron chi connectivity index (χ1n) is 8.89. The zero-order chi connectivity index (χ0) is 18.6. The van der Waals surface area contributed by atoms with Crippen LogP contribution in [0.1, 0.15) is 52.9 Å². The van der Waals surface area contributed by atoms with Crippen LogP contribution in [0.4, 0.5) is 4.79 Å². The van der Waals surface area contributed by atoms with Gasteiger partial charge in [0.1, 0.15) is 0 Å². The average Bonchev–Trinajstić information content (AvgIpc) is 3.14. The summed E-state index contributed by atoms with van der Waals surface area (Å²) in [7, 11) is 0. The predicted octanol–water partition coefficient (Wildman–Crippen LogP) is 0.943. The summed E-state index contributed by atoms with van der Waals surface area (Å²) >= 11 is 0. The SMILES string of the molecule is CC(C)NC(=O)NC(=O)[C@@H](C)OC(=O)[C@@H]1CC(=O)N(C2CCCC2)C1. The lowest BCUT2D eigenvalue weighted by molar-refractivity contribution is -0.158. The first-order valence-corrected chi connectivity index (χ1v) is 8.89. The molecule has 1 aliphatic heterocycles. The van der Waals surface area contributed by atoms with E-state index in [0.29, 0.717) is 6.54 Å². The summed E-state index contributed by atoms with van der Waals surface area (Å²) in [5, 5.41) is 4.64. The lowest BCUT2D eigenvalue weighted by Crippen LogP contribution is -2.47. The molecule has 8 heteroatoms. The molecule has 2 aliphatic rings. The molecule has 0 aromatic rings. The second kappa shape index (κ2) is 8.31. The Labute approximate surface area is 147 Å². The summed E-state index contributed by atoms with van der Waals surface area (Å²) in [6.45, 7) is 5.29. The van der Waals surface area contributed by atoms with Crippen LogP contribution in [0.15, 0.2) is 0 Å². The van der Waals surface area contributed by atoms with Crippen molar-refractivity contribution >= 4 is 23.8 Å². The van der Waals surface area contributed by atoms with Crippen LogP contribution in [0.25, 0.3) is 0 Å². The van der Waals surface area contributed by atoms with E-state index in [0.717, 1.165) is 25.7 Å². The van der Waals surface area contributed by atoms with Crippen LogP contribution in [-0.2, 0) is 19.1 Å². The normalized spacial score (nSPS) is 22.2. The van der Waals surface area contributed by atoms with Crippen molar-refractivity contribution in [1.82, 2.24) is 15.5 Å². The summed E-state index contributed by atoms with van der Waals surface area (Å²) in [4.78, 5) is 49.6. The number of urea groups is 1. The number of carbonyl (C=O) groups is 4. The molecule has 2 N–H and O–H groups in total. The minimum Gasteiger partial charge on any atom is -0.452 e. The van der Waals surface area contributed by atoms with Gasteiger partial charge in [-0.3, -0.25) is 19.7 Å². The lowest BCUT2D eigenvalue weighted by Gasteiger charge is -2.24. The molecule has 8 nitrogen and oxygen atoms in total. The molecule has 0 aromatic heterocycles. The third-order valence-corrected chi connectivity index (χ3v) is 4.58. The van der Waals surface area contributed by atoms with E-state index in [-0.39, 0.29) is 24.4 Å². The van der Waals surface area contributed by atoms with Crippen molar-refractivity contribution in [3.63, 3.8) is 0 Å². The van der Waals surface area contributed by atoms with Gasteiger partial charge < -0.3 is 15.0 Å². The minimum atomic E-state index is -1.10. The van der Waals surface area contributed by atoms with Gasteiger partial charge in [0.25, 0.3) is 5.91 Å². The highest BCUT2D eigenvalue weighted by molar-refractivity contribution is 5.97. The van der Waals surface area contributed by atoms with Crippen molar-refractivity contribution in [2.24, 2.45) is 5.92 Å². The zero-order valence-electron chi connectivity index (χ0n) is 15.0. The number of imide groups is 1. The summed E-state index contributed by atoms with van der Waals surface area (Å²) in [5.41, 5.74) is 0. The number of hydrogen-bond acceptors (Lipinski definition) is 5. The van der Waals surface area contributed by atoms with E-state index in [4.69, 9.17) is 4.74 Å². The van der Waals surface area contributed by atoms with Crippen LogP contribution in [0.3, 0.4) is 0 Å². The second-order valence-corrected chi connectivity index (χ2v) is 7.08. The van der Waals surface area contributed by atoms with E-state index in [2.05, 4.69) is 10.6 Å². The summed E-state index contributed by atoms with van der Waals surface area (Å²) in [5.74, 6) is -1.83. The van der Waals surface area contributed by atoms with Gasteiger partial charge in [0.05, 0.1) is 5.92 Å². The number of amides is 4. The lowest BCUT2D eigenvalue weighted by atomic mass is 10.1. The molecule has 0 spiro atoms. The molecule has 0 aromatic carbocycles. The largest absolute Gasteiger partial charge is 0.452 e. The third-order valence-electron chi connectivity index (χ3n) is 4.58. The molecule has 140 valence electrons. The minimum absolute atomic E-state index is 0.0257. The van der Waals surface area contributed by atoms with Crippen molar-refractivity contribution in [2.45, 2.75) is 71.1 Å². The van der Waals surface area contributed by atoms with Crippen LogP contribution >= 0.6 is 0 Å². The third kappa shape index (κ3) is 5.17. The number of nitrogens with zero attached hydrogens (tertiary/aromatic N) is 1. The maximum Gasteiger partial charge on any atom is 0.321 e. The molecular weight excluding hydrogens is 326 g/mol. The van der Waals surface area contributed by atoms with Gasteiger partial charge in [-0.05, 0) is 33.6 Å². The molecule has 1 heterocycles. The molecule has 2 rings (SSSR count). The number of rotatable bonds is 5. The molecule has 1 aliphatic carbocycles. The van der Waals surface area contributed by atoms with Crippen molar-refractivity contribution in [1.29, 1.82) is 0 Å². The van der Waals surface area contributed by atoms with Crippen molar-refractivity contribution in [3.05, 3.63) is 0 Å². The first-order chi connectivity index (χ1) is 11.8. The quantitative estimate of drug-likeness (QED) is 0.716. The summed E-state index contributed by atoms with van der Waals surface area (Å²) in [6, 6.07) is -0.520. The molecule has 0 unspecified atom stereocenters. The van der Waals surface area contributed by atoms with E-state index >= 15 is 0 Å².